The Labute approximate surface area is 125 Å². The second kappa shape index (κ2) is 8.92. The van der Waals surface area contributed by atoms with Gasteiger partial charge in [-0.2, -0.15) is 0 Å². The van der Waals surface area contributed by atoms with E-state index in [4.69, 9.17) is 21.7 Å². The maximum absolute atomic E-state index is 11.8. The van der Waals surface area contributed by atoms with Crippen LogP contribution >= 0.6 is 0 Å². The summed E-state index contributed by atoms with van der Waals surface area (Å²) in [5, 5.41) is 31.1. The van der Waals surface area contributed by atoms with Crippen LogP contribution in [0.2, 0.25) is 0 Å². The van der Waals surface area contributed by atoms with Crippen molar-refractivity contribution < 1.29 is 34.5 Å². The molecule has 0 aromatic heterocycles. The van der Waals surface area contributed by atoms with Gasteiger partial charge in [-0.1, -0.05) is 0 Å². The van der Waals surface area contributed by atoms with Gasteiger partial charge in [-0.25, -0.2) is 4.79 Å². The Morgan fingerprint density at radius 2 is 1.68 bits per heavy atom. The monoisotopic (exact) mass is 320 g/mol. The Morgan fingerprint density at radius 1 is 1.14 bits per heavy atom. The van der Waals surface area contributed by atoms with Crippen LogP contribution < -0.4 is 22.1 Å². The van der Waals surface area contributed by atoms with Crippen molar-refractivity contribution in [3.63, 3.8) is 0 Å². The molecule has 0 aromatic carbocycles. The van der Waals surface area contributed by atoms with Crippen LogP contribution in [0.25, 0.3) is 0 Å². The van der Waals surface area contributed by atoms with Crippen molar-refractivity contribution >= 4 is 23.7 Å². The van der Waals surface area contributed by atoms with E-state index < -0.39 is 60.9 Å². The molecule has 22 heavy (non-hydrogen) atoms. The number of aliphatic carboxylic acids is 1. The van der Waals surface area contributed by atoms with E-state index >= 15 is 0 Å². The lowest BCUT2D eigenvalue weighted by Gasteiger charge is -2.22. The van der Waals surface area contributed by atoms with E-state index in [9.17, 15) is 24.3 Å². The molecule has 0 bridgehead atoms. The summed E-state index contributed by atoms with van der Waals surface area (Å²) in [6.45, 7) is 0.307. The van der Waals surface area contributed by atoms with E-state index in [0.717, 1.165) is 6.92 Å². The van der Waals surface area contributed by atoms with Crippen LogP contribution in [0.3, 0.4) is 0 Å². The molecule has 3 amide bonds. The summed E-state index contributed by atoms with van der Waals surface area (Å²) in [5.41, 5.74) is 10.2. The van der Waals surface area contributed by atoms with Crippen LogP contribution in [0.15, 0.2) is 0 Å². The number of carbonyl (C=O) groups is 4. The maximum atomic E-state index is 11.8. The minimum Gasteiger partial charge on any atom is -0.480 e. The van der Waals surface area contributed by atoms with E-state index in [-0.39, 0.29) is 0 Å². The number of hydrogen-bond donors (Lipinski definition) is 7. The highest BCUT2D eigenvalue weighted by Gasteiger charge is 2.30. The molecule has 0 aliphatic heterocycles. The van der Waals surface area contributed by atoms with E-state index in [0.29, 0.717) is 0 Å². The summed E-state index contributed by atoms with van der Waals surface area (Å²) in [4.78, 5) is 44.9. The van der Waals surface area contributed by atoms with Crippen molar-refractivity contribution in [3.05, 3.63) is 0 Å². The number of hydrogen-bond acceptors (Lipinski definition) is 7. The lowest BCUT2D eigenvalue weighted by atomic mass is 10.1. The number of carboxylic acid groups (broad SMARTS) is 1. The average Bonchev–Trinajstić information content (AvgIpc) is 2.39. The van der Waals surface area contributed by atoms with Gasteiger partial charge in [-0.3, -0.25) is 14.4 Å². The first kappa shape index (κ1) is 19.8. The van der Waals surface area contributed by atoms with Crippen LogP contribution in [0.4, 0.5) is 0 Å². The molecule has 0 aliphatic carbocycles. The Hall–Kier alpha value is -2.24. The van der Waals surface area contributed by atoms with E-state index in [1.54, 1.807) is 0 Å². The topological polar surface area (TPSA) is 205 Å². The van der Waals surface area contributed by atoms with Crippen LogP contribution in [-0.4, -0.2) is 69.8 Å². The third-order valence-corrected chi connectivity index (χ3v) is 2.62. The molecule has 0 spiro atoms. The number of aliphatic hydroxyl groups is 2. The predicted octanol–water partition coefficient (Wildman–Crippen LogP) is -4.38. The van der Waals surface area contributed by atoms with Crippen LogP contribution in [0, 0.1) is 0 Å². The molecule has 0 aliphatic rings. The Kier molecular flexibility index (Phi) is 8.01. The lowest BCUT2D eigenvalue weighted by molar-refractivity contribution is -0.145. The minimum atomic E-state index is -1.61. The summed E-state index contributed by atoms with van der Waals surface area (Å²) in [5.74, 6) is -4.27. The second-order valence-corrected chi connectivity index (χ2v) is 4.59. The minimum absolute atomic E-state index is 0.461. The van der Waals surface area contributed by atoms with Gasteiger partial charge in [-0.05, 0) is 6.92 Å². The van der Waals surface area contributed by atoms with Gasteiger partial charge < -0.3 is 37.4 Å². The van der Waals surface area contributed by atoms with Crippen LogP contribution in [-0.2, 0) is 19.2 Å². The van der Waals surface area contributed by atoms with Crippen molar-refractivity contribution in [2.24, 2.45) is 11.5 Å². The standard InChI is InChI=1S/C11H20N4O7/c1-4(17)8(11(21)22)15-10(20)6(3-16)14-9(19)5(12)2-7(13)18/h4-6,8,16-17H,2-3,12H2,1H3,(H2,13,18)(H,14,19)(H,15,20)(H,21,22). The molecule has 0 saturated carbocycles. The molecule has 4 unspecified atom stereocenters. The summed E-state index contributed by atoms with van der Waals surface area (Å²) in [6.07, 6.45) is -1.86. The maximum Gasteiger partial charge on any atom is 0.328 e. The first-order valence-corrected chi connectivity index (χ1v) is 6.26. The van der Waals surface area contributed by atoms with E-state index in [1.807, 2.05) is 10.6 Å². The van der Waals surface area contributed by atoms with Crippen molar-refractivity contribution in [1.29, 1.82) is 0 Å². The Morgan fingerprint density at radius 3 is 2.05 bits per heavy atom. The Bertz CT molecular complexity index is 440. The smallest absolute Gasteiger partial charge is 0.328 e. The number of nitrogens with one attached hydrogen (secondary N) is 2. The summed E-state index contributed by atoms with van der Waals surface area (Å²) >= 11 is 0. The Balaban J connectivity index is 4.75. The molecule has 0 saturated heterocycles. The highest BCUT2D eigenvalue weighted by Crippen LogP contribution is 1.96. The number of nitrogens with two attached hydrogens (primary N) is 2. The van der Waals surface area contributed by atoms with Crippen LogP contribution in [0.1, 0.15) is 13.3 Å². The zero-order valence-corrected chi connectivity index (χ0v) is 11.9. The second-order valence-electron chi connectivity index (χ2n) is 4.59. The molecule has 0 rings (SSSR count). The third-order valence-electron chi connectivity index (χ3n) is 2.62. The first-order chi connectivity index (χ1) is 10.1. The summed E-state index contributed by atoms with van der Waals surface area (Å²) in [6, 6.07) is -4.42. The molecule has 0 fully saturated rings. The predicted molar refractivity (Wildman–Crippen MR) is 72.1 cm³/mol. The number of amides is 3. The molecular weight excluding hydrogens is 300 g/mol. The fourth-order valence-electron chi connectivity index (χ4n) is 1.42. The molecule has 0 heterocycles. The fraction of sp³-hybridized carbons (Fsp3) is 0.636. The zero-order chi connectivity index (χ0) is 17.4. The van der Waals surface area contributed by atoms with Crippen molar-refractivity contribution in [3.8, 4) is 0 Å². The molecule has 11 heteroatoms. The van der Waals surface area contributed by atoms with Crippen LogP contribution in [0.5, 0.6) is 0 Å². The van der Waals surface area contributed by atoms with Gasteiger partial charge in [0.2, 0.25) is 17.7 Å². The highest BCUT2D eigenvalue weighted by molar-refractivity contribution is 5.93. The quantitative estimate of drug-likeness (QED) is 0.220. The van der Waals surface area contributed by atoms with Gasteiger partial charge in [0.05, 0.1) is 25.2 Å². The molecule has 11 nitrogen and oxygen atoms in total. The van der Waals surface area contributed by atoms with Crippen molar-refractivity contribution in [1.82, 2.24) is 10.6 Å². The SMILES string of the molecule is CC(O)C(NC(=O)C(CO)NC(=O)C(N)CC(N)=O)C(=O)O. The largest absolute Gasteiger partial charge is 0.480 e. The number of rotatable bonds is 9. The van der Waals surface area contributed by atoms with Gasteiger partial charge in [0, 0.05) is 0 Å². The molecule has 4 atom stereocenters. The molecule has 126 valence electrons. The van der Waals surface area contributed by atoms with E-state index in [1.165, 1.54) is 0 Å². The van der Waals surface area contributed by atoms with Gasteiger partial charge in [0.15, 0.2) is 6.04 Å². The number of carbonyl (C=O) groups excluding carboxylic acids is 3. The van der Waals surface area contributed by atoms with Crippen molar-refractivity contribution in [2.45, 2.75) is 37.6 Å². The molecule has 9 N–H and O–H groups in total. The summed E-state index contributed by atoms with van der Waals surface area (Å²) < 4.78 is 0. The zero-order valence-electron chi connectivity index (χ0n) is 11.9. The summed E-state index contributed by atoms with van der Waals surface area (Å²) in [7, 11) is 0. The van der Waals surface area contributed by atoms with Gasteiger partial charge in [0.1, 0.15) is 6.04 Å². The lowest BCUT2D eigenvalue weighted by Crippen LogP contribution is -2.57. The first-order valence-electron chi connectivity index (χ1n) is 6.26. The van der Waals surface area contributed by atoms with Crippen molar-refractivity contribution in [2.75, 3.05) is 6.61 Å². The fourth-order valence-corrected chi connectivity index (χ4v) is 1.42. The molecule has 0 aromatic rings. The third kappa shape index (κ3) is 6.47. The molecular formula is C11H20N4O7. The van der Waals surface area contributed by atoms with Gasteiger partial charge >= 0.3 is 5.97 Å². The number of primary amides is 1. The van der Waals surface area contributed by atoms with Gasteiger partial charge in [-0.15, -0.1) is 0 Å². The van der Waals surface area contributed by atoms with E-state index in [2.05, 4.69) is 0 Å². The average molecular weight is 320 g/mol. The number of aliphatic hydroxyl groups excluding tert-OH is 2. The molecule has 0 radical (unpaired) electrons. The number of carboxylic acids is 1. The van der Waals surface area contributed by atoms with Gasteiger partial charge in [0.25, 0.3) is 0 Å². The normalized spacial score (nSPS) is 16.0. The highest BCUT2D eigenvalue weighted by atomic mass is 16.4.